The molecule has 0 aromatic rings. The van der Waals surface area contributed by atoms with Crippen LogP contribution in [-0.2, 0) is 13.3 Å². The number of halogens is 1. The molecule has 198 valence electrons. The van der Waals surface area contributed by atoms with Crippen molar-refractivity contribution in [2.45, 2.75) is 123 Å². The first-order valence-corrected chi connectivity index (χ1v) is 14.8. The smallest absolute Gasteiger partial charge is 0.483 e. The molecule has 0 N–H and O–H groups in total. The van der Waals surface area contributed by atoms with E-state index in [0.29, 0.717) is 0 Å². The highest BCUT2D eigenvalue weighted by Gasteiger charge is 2.11. The minimum atomic E-state index is -1.67. The lowest BCUT2D eigenvalue weighted by molar-refractivity contribution is -0.890. The molecule has 32 heavy (non-hydrogen) atoms. The molecule has 4 nitrogen and oxygen atoms in total. The van der Waals surface area contributed by atoms with Gasteiger partial charge in [-0.15, -0.1) is 0 Å². The van der Waals surface area contributed by atoms with Gasteiger partial charge >= 0.3 is 9.53 Å². The lowest BCUT2D eigenvalue weighted by Crippen LogP contribution is -3.00. The average Bonchev–Trinajstić information content (AvgIpc) is 2.75. The largest absolute Gasteiger partial charge is 1.00 e. The van der Waals surface area contributed by atoms with E-state index in [2.05, 4.69) is 27.9 Å². The van der Waals surface area contributed by atoms with Crippen LogP contribution >= 0.6 is 0 Å². The molecular formula is C26H60ClNO3Si. The summed E-state index contributed by atoms with van der Waals surface area (Å²) in [6.45, 7) is 7.30. The van der Waals surface area contributed by atoms with Crippen LogP contribution < -0.4 is 12.4 Å². The minimum Gasteiger partial charge on any atom is -1.00 e. The van der Waals surface area contributed by atoms with Crippen LogP contribution in [0.5, 0.6) is 0 Å². The first-order chi connectivity index (χ1) is 15.0. The quantitative estimate of drug-likeness (QED) is 0.126. The van der Waals surface area contributed by atoms with Gasteiger partial charge in [0, 0.05) is 21.3 Å². The zero-order chi connectivity index (χ0) is 23.6. The topological polar surface area (TPSA) is 27.7 Å². The van der Waals surface area contributed by atoms with Crippen molar-refractivity contribution in [1.82, 2.24) is 0 Å². The van der Waals surface area contributed by atoms with Gasteiger partial charge in [-0.2, -0.15) is 0 Å². The van der Waals surface area contributed by atoms with E-state index in [1.165, 1.54) is 127 Å². The van der Waals surface area contributed by atoms with Gasteiger partial charge in [-0.05, 0) is 19.3 Å². The maximum atomic E-state index is 4.74. The summed E-state index contributed by atoms with van der Waals surface area (Å²) in [5.74, 6) is 0. The zero-order valence-corrected chi connectivity index (χ0v) is 25.0. The fraction of sp³-hybridized carbons (Fsp3) is 1.00. The van der Waals surface area contributed by atoms with Crippen LogP contribution in [0.4, 0.5) is 0 Å². The second kappa shape index (κ2) is 29.4. The lowest BCUT2D eigenvalue weighted by atomic mass is 10.0. The normalized spacial score (nSPS) is 11.2. The Morgan fingerprint density at radius 3 is 1.03 bits per heavy atom. The average molecular weight is 498 g/mol. The number of unbranched alkanes of at least 4 members (excludes halogenated alkanes) is 15. The Hall–Kier alpha value is 0.347. The van der Waals surface area contributed by atoms with E-state index in [1.54, 1.807) is 21.3 Å². The summed E-state index contributed by atoms with van der Waals surface area (Å²) in [6, 6.07) is 0. The Morgan fingerprint density at radius 1 is 0.469 bits per heavy atom. The third-order valence-corrected chi connectivity index (χ3v) is 7.18. The molecule has 0 aliphatic rings. The first-order valence-electron chi connectivity index (χ1n) is 13.4. The molecule has 0 aliphatic heterocycles. The van der Waals surface area contributed by atoms with E-state index >= 15 is 0 Å². The van der Waals surface area contributed by atoms with E-state index in [9.17, 15) is 0 Å². The van der Waals surface area contributed by atoms with Gasteiger partial charge in [0.15, 0.2) is 0 Å². The molecule has 0 bridgehead atoms. The number of nitrogens with zero attached hydrogens (tertiary/aromatic N) is 1. The lowest BCUT2D eigenvalue weighted by Gasteiger charge is -2.29. The summed E-state index contributed by atoms with van der Waals surface area (Å²) in [5, 5.41) is 0. The highest BCUT2D eigenvalue weighted by molar-refractivity contribution is 6.36. The highest BCUT2D eigenvalue weighted by Crippen LogP contribution is 2.14. The van der Waals surface area contributed by atoms with Crippen molar-refractivity contribution in [2.24, 2.45) is 0 Å². The predicted molar refractivity (Wildman–Crippen MR) is 140 cm³/mol. The van der Waals surface area contributed by atoms with Gasteiger partial charge in [0.25, 0.3) is 0 Å². The summed E-state index contributed by atoms with van der Waals surface area (Å²) in [4.78, 5) is 0. The molecule has 0 rings (SSSR count). The van der Waals surface area contributed by atoms with Crippen LogP contribution in [0.15, 0.2) is 0 Å². The van der Waals surface area contributed by atoms with Gasteiger partial charge in [0.05, 0.1) is 27.2 Å². The maximum Gasteiger partial charge on any atom is 0.483 e. The van der Waals surface area contributed by atoms with E-state index in [0.717, 1.165) is 0 Å². The second-order valence-corrected chi connectivity index (χ2v) is 11.7. The molecule has 0 amide bonds. The van der Waals surface area contributed by atoms with Crippen LogP contribution in [-0.4, -0.2) is 62.5 Å². The van der Waals surface area contributed by atoms with Gasteiger partial charge in [0.2, 0.25) is 0 Å². The van der Waals surface area contributed by atoms with Crippen molar-refractivity contribution in [2.75, 3.05) is 48.5 Å². The SMILES string of the molecule is CCCCCCCCCCCCCCCCCC[N+](C)(C)CCC.CO[SiH](OC)OC.[Cl-]. The number of hydrogen-bond donors (Lipinski definition) is 0. The molecule has 0 saturated carbocycles. The Bertz CT molecular complexity index is 327. The summed E-state index contributed by atoms with van der Waals surface area (Å²) < 4.78 is 15.4. The molecule has 0 radical (unpaired) electrons. The molecule has 0 aliphatic carbocycles. The summed E-state index contributed by atoms with van der Waals surface area (Å²) >= 11 is 0. The van der Waals surface area contributed by atoms with Crippen LogP contribution in [0.3, 0.4) is 0 Å². The molecular weight excluding hydrogens is 438 g/mol. The Balaban J connectivity index is -0.000000903. The molecule has 6 heteroatoms. The van der Waals surface area contributed by atoms with E-state index in [1.807, 2.05) is 0 Å². The van der Waals surface area contributed by atoms with Gasteiger partial charge in [-0.1, -0.05) is 104 Å². The van der Waals surface area contributed by atoms with Gasteiger partial charge in [0.1, 0.15) is 0 Å². The van der Waals surface area contributed by atoms with Crippen molar-refractivity contribution in [3.05, 3.63) is 0 Å². The van der Waals surface area contributed by atoms with Crippen molar-refractivity contribution < 1.29 is 30.2 Å². The first kappa shape index (κ1) is 36.9. The van der Waals surface area contributed by atoms with Gasteiger partial charge < -0.3 is 30.2 Å². The third kappa shape index (κ3) is 30.3. The fourth-order valence-corrected chi connectivity index (χ4v) is 4.67. The Kier molecular flexibility index (Phi) is 33.9. The second-order valence-electron chi connectivity index (χ2n) is 9.68. The van der Waals surface area contributed by atoms with Gasteiger partial charge in [-0.3, -0.25) is 0 Å². The monoisotopic (exact) mass is 497 g/mol. The van der Waals surface area contributed by atoms with Crippen LogP contribution in [0.2, 0.25) is 0 Å². The number of rotatable bonds is 22. The molecule has 0 saturated heterocycles. The zero-order valence-electron chi connectivity index (χ0n) is 23.1. The molecule has 0 fully saturated rings. The fourth-order valence-electron chi connectivity index (χ4n) is 4.09. The Morgan fingerprint density at radius 2 is 0.781 bits per heavy atom. The summed E-state index contributed by atoms with van der Waals surface area (Å²) in [6.07, 6.45) is 24.7. The van der Waals surface area contributed by atoms with Crippen LogP contribution in [0.25, 0.3) is 0 Å². The molecule has 0 aromatic heterocycles. The van der Waals surface area contributed by atoms with Crippen molar-refractivity contribution in [3.8, 4) is 0 Å². The predicted octanol–water partition coefficient (Wildman–Crippen LogP) is 4.38. The third-order valence-electron chi connectivity index (χ3n) is 6.02. The highest BCUT2D eigenvalue weighted by atomic mass is 35.5. The maximum absolute atomic E-state index is 4.74. The van der Waals surface area contributed by atoms with Crippen LogP contribution in [0, 0.1) is 0 Å². The molecule has 0 unspecified atom stereocenters. The van der Waals surface area contributed by atoms with Crippen molar-refractivity contribution in [1.29, 1.82) is 0 Å². The van der Waals surface area contributed by atoms with Crippen LogP contribution in [0.1, 0.15) is 123 Å². The molecule has 0 spiro atoms. The number of hydrogen-bond acceptors (Lipinski definition) is 3. The Labute approximate surface area is 211 Å². The molecule has 0 heterocycles. The van der Waals surface area contributed by atoms with E-state index in [4.69, 9.17) is 13.3 Å². The van der Waals surface area contributed by atoms with Gasteiger partial charge in [-0.25, -0.2) is 0 Å². The standard InChI is InChI=1S/C23H50N.C3H10O3Si.ClH/c1-5-7-8-9-10-11-12-13-14-15-16-17-18-19-20-21-23-24(3,4)22-6-2;1-4-7(5-2)6-3;/h5-23H2,1-4H3;7H,1-3H3;1H/q+1;;/p-1. The summed E-state index contributed by atoms with van der Waals surface area (Å²) in [5.41, 5.74) is 0. The molecule has 0 aromatic carbocycles. The minimum absolute atomic E-state index is 0. The summed E-state index contributed by atoms with van der Waals surface area (Å²) in [7, 11) is 7.82. The molecule has 0 atom stereocenters. The van der Waals surface area contributed by atoms with E-state index < -0.39 is 9.53 Å². The number of quaternary nitrogens is 1. The van der Waals surface area contributed by atoms with Crippen molar-refractivity contribution in [3.63, 3.8) is 0 Å². The van der Waals surface area contributed by atoms with E-state index in [-0.39, 0.29) is 12.4 Å². The van der Waals surface area contributed by atoms with Crippen molar-refractivity contribution >= 4 is 9.53 Å².